The summed E-state index contributed by atoms with van der Waals surface area (Å²) >= 11 is 0. The van der Waals surface area contributed by atoms with Crippen LogP contribution in [0.15, 0.2) is 24.3 Å². The van der Waals surface area contributed by atoms with E-state index in [1.54, 1.807) is 18.2 Å². The summed E-state index contributed by atoms with van der Waals surface area (Å²) in [7, 11) is 0. The van der Waals surface area contributed by atoms with Crippen molar-refractivity contribution in [2.24, 2.45) is 11.5 Å². The van der Waals surface area contributed by atoms with Gasteiger partial charge in [0.1, 0.15) is 5.75 Å². The molecular weight excluding hydrogens is 216 g/mol. The third kappa shape index (κ3) is 4.29. The summed E-state index contributed by atoms with van der Waals surface area (Å²) in [5, 5.41) is 0. The molecule has 0 saturated heterocycles. The van der Waals surface area contributed by atoms with Crippen molar-refractivity contribution in [2.75, 3.05) is 6.54 Å². The van der Waals surface area contributed by atoms with Crippen LogP contribution in [0.3, 0.4) is 0 Å². The molecule has 0 bridgehead atoms. The smallest absolute Gasteiger partial charge is 0.308 e. The highest BCUT2D eigenvalue weighted by atomic mass is 35.5. The van der Waals surface area contributed by atoms with E-state index in [2.05, 4.69) is 0 Å². The monoisotopic (exact) mass is 230 g/mol. The van der Waals surface area contributed by atoms with Crippen LogP contribution in [0, 0.1) is 0 Å². The van der Waals surface area contributed by atoms with Gasteiger partial charge in [-0.15, -0.1) is 12.4 Å². The Morgan fingerprint density at radius 3 is 2.73 bits per heavy atom. The molecule has 15 heavy (non-hydrogen) atoms. The van der Waals surface area contributed by atoms with Crippen molar-refractivity contribution in [1.82, 2.24) is 0 Å². The maximum absolute atomic E-state index is 10.7. The molecule has 0 aliphatic rings. The van der Waals surface area contributed by atoms with Gasteiger partial charge in [-0.05, 0) is 17.7 Å². The molecular formula is C10H15ClN2O2. The van der Waals surface area contributed by atoms with Gasteiger partial charge in [0.2, 0.25) is 0 Å². The Bertz CT molecular complexity index is 331. The lowest BCUT2D eigenvalue weighted by Gasteiger charge is -2.10. The lowest BCUT2D eigenvalue weighted by molar-refractivity contribution is -0.131. The molecule has 0 unspecified atom stereocenters. The molecule has 4 N–H and O–H groups in total. The zero-order chi connectivity index (χ0) is 10.6. The minimum absolute atomic E-state index is 0. The average Bonchev–Trinajstić information content (AvgIpc) is 2.16. The standard InChI is InChI=1S/C10H14N2O2.ClH/c1-7(13)14-9-4-2-3-8(5-9)10(12)6-11;/h2-5,10H,6,11-12H2,1H3;1H/t10-;/m1./s1. The maximum atomic E-state index is 10.7. The molecule has 1 aromatic carbocycles. The predicted octanol–water partition coefficient (Wildman–Crippen LogP) is 0.992. The summed E-state index contributed by atoms with van der Waals surface area (Å²) in [6.45, 7) is 1.72. The van der Waals surface area contributed by atoms with Gasteiger partial charge in [-0.3, -0.25) is 4.79 Å². The molecule has 1 aromatic rings. The SMILES string of the molecule is CC(=O)Oc1cccc([C@H](N)CN)c1.Cl. The zero-order valence-electron chi connectivity index (χ0n) is 8.47. The van der Waals surface area contributed by atoms with Crippen LogP contribution < -0.4 is 16.2 Å². The van der Waals surface area contributed by atoms with E-state index in [4.69, 9.17) is 16.2 Å². The summed E-state index contributed by atoms with van der Waals surface area (Å²) in [5.41, 5.74) is 12.0. The Morgan fingerprint density at radius 2 is 2.20 bits per heavy atom. The Kier molecular flexibility index (Phi) is 5.93. The molecule has 0 spiro atoms. The Balaban J connectivity index is 0.00000196. The van der Waals surface area contributed by atoms with Crippen molar-refractivity contribution in [1.29, 1.82) is 0 Å². The first-order chi connectivity index (χ1) is 6.63. The normalized spacial score (nSPS) is 11.4. The van der Waals surface area contributed by atoms with Crippen molar-refractivity contribution >= 4 is 18.4 Å². The van der Waals surface area contributed by atoms with E-state index in [1.807, 2.05) is 6.07 Å². The van der Waals surface area contributed by atoms with E-state index in [0.717, 1.165) is 5.56 Å². The molecule has 0 radical (unpaired) electrons. The number of halogens is 1. The third-order valence-electron chi connectivity index (χ3n) is 1.80. The number of esters is 1. The summed E-state index contributed by atoms with van der Waals surface area (Å²) in [5.74, 6) is 0.155. The second kappa shape index (κ2) is 6.40. The molecule has 0 saturated carbocycles. The van der Waals surface area contributed by atoms with Crippen LogP contribution >= 0.6 is 12.4 Å². The van der Waals surface area contributed by atoms with Gasteiger partial charge < -0.3 is 16.2 Å². The Labute approximate surface area is 95.0 Å². The van der Waals surface area contributed by atoms with Gasteiger partial charge in [0.05, 0.1) is 0 Å². The van der Waals surface area contributed by atoms with Gasteiger partial charge in [0, 0.05) is 19.5 Å². The molecule has 84 valence electrons. The summed E-state index contributed by atoms with van der Waals surface area (Å²) in [4.78, 5) is 10.7. The van der Waals surface area contributed by atoms with Crippen LogP contribution in [0.1, 0.15) is 18.5 Å². The van der Waals surface area contributed by atoms with Crippen molar-refractivity contribution in [2.45, 2.75) is 13.0 Å². The molecule has 5 heteroatoms. The minimum atomic E-state index is -0.344. The molecule has 0 heterocycles. The van der Waals surface area contributed by atoms with Crippen LogP contribution in [-0.4, -0.2) is 12.5 Å². The number of nitrogens with two attached hydrogens (primary N) is 2. The topological polar surface area (TPSA) is 78.3 Å². The van der Waals surface area contributed by atoms with E-state index in [-0.39, 0.29) is 24.4 Å². The van der Waals surface area contributed by atoms with E-state index in [0.29, 0.717) is 12.3 Å². The number of hydrogen-bond acceptors (Lipinski definition) is 4. The number of ether oxygens (including phenoxy) is 1. The second-order valence-corrected chi connectivity index (χ2v) is 3.01. The van der Waals surface area contributed by atoms with E-state index in [9.17, 15) is 4.79 Å². The van der Waals surface area contributed by atoms with E-state index >= 15 is 0 Å². The highest BCUT2D eigenvalue weighted by molar-refractivity contribution is 5.85. The molecule has 0 fully saturated rings. The van der Waals surface area contributed by atoms with E-state index in [1.165, 1.54) is 6.92 Å². The molecule has 0 aromatic heterocycles. The second-order valence-electron chi connectivity index (χ2n) is 3.01. The van der Waals surface area contributed by atoms with E-state index < -0.39 is 0 Å². The first kappa shape index (κ1) is 13.9. The number of rotatable bonds is 3. The first-order valence-electron chi connectivity index (χ1n) is 4.37. The van der Waals surface area contributed by atoms with Gasteiger partial charge in [0.25, 0.3) is 0 Å². The molecule has 1 atom stereocenters. The fourth-order valence-electron chi connectivity index (χ4n) is 1.11. The Hall–Kier alpha value is -1.10. The van der Waals surface area contributed by atoms with Gasteiger partial charge in [-0.25, -0.2) is 0 Å². The lowest BCUT2D eigenvalue weighted by Crippen LogP contribution is -2.20. The number of benzene rings is 1. The predicted molar refractivity (Wildman–Crippen MR) is 61.0 cm³/mol. The largest absolute Gasteiger partial charge is 0.427 e. The number of carbonyl (C=O) groups is 1. The van der Waals surface area contributed by atoms with Gasteiger partial charge in [0.15, 0.2) is 0 Å². The van der Waals surface area contributed by atoms with Crippen LogP contribution in [0.2, 0.25) is 0 Å². The quantitative estimate of drug-likeness (QED) is 0.600. The van der Waals surface area contributed by atoms with Gasteiger partial charge in [-0.1, -0.05) is 12.1 Å². The Morgan fingerprint density at radius 1 is 1.53 bits per heavy atom. The van der Waals surface area contributed by atoms with Crippen LogP contribution in [0.25, 0.3) is 0 Å². The van der Waals surface area contributed by atoms with Crippen molar-refractivity contribution in [3.8, 4) is 5.75 Å². The molecule has 1 rings (SSSR count). The van der Waals surface area contributed by atoms with Gasteiger partial charge >= 0.3 is 5.97 Å². The summed E-state index contributed by atoms with van der Waals surface area (Å²) in [6.07, 6.45) is 0. The average molecular weight is 231 g/mol. The van der Waals surface area contributed by atoms with Crippen molar-refractivity contribution in [3.05, 3.63) is 29.8 Å². The molecule has 0 amide bonds. The summed E-state index contributed by atoms with van der Waals surface area (Å²) in [6, 6.07) is 6.84. The van der Waals surface area contributed by atoms with Crippen molar-refractivity contribution in [3.63, 3.8) is 0 Å². The van der Waals surface area contributed by atoms with Crippen LogP contribution in [-0.2, 0) is 4.79 Å². The third-order valence-corrected chi connectivity index (χ3v) is 1.80. The first-order valence-corrected chi connectivity index (χ1v) is 4.37. The lowest BCUT2D eigenvalue weighted by atomic mass is 10.1. The minimum Gasteiger partial charge on any atom is -0.427 e. The fourth-order valence-corrected chi connectivity index (χ4v) is 1.11. The molecule has 0 aliphatic carbocycles. The number of carbonyl (C=O) groups excluding carboxylic acids is 1. The fraction of sp³-hybridized carbons (Fsp3) is 0.300. The van der Waals surface area contributed by atoms with Crippen LogP contribution in [0.4, 0.5) is 0 Å². The maximum Gasteiger partial charge on any atom is 0.308 e. The molecule has 0 aliphatic heterocycles. The zero-order valence-corrected chi connectivity index (χ0v) is 9.29. The molecule has 4 nitrogen and oxygen atoms in total. The highest BCUT2D eigenvalue weighted by Gasteiger charge is 2.05. The highest BCUT2D eigenvalue weighted by Crippen LogP contribution is 2.17. The van der Waals surface area contributed by atoms with Gasteiger partial charge in [-0.2, -0.15) is 0 Å². The summed E-state index contributed by atoms with van der Waals surface area (Å²) < 4.78 is 4.91. The van der Waals surface area contributed by atoms with Crippen molar-refractivity contribution < 1.29 is 9.53 Å². The number of hydrogen-bond donors (Lipinski definition) is 2. The van der Waals surface area contributed by atoms with Crippen LogP contribution in [0.5, 0.6) is 5.75 Å².